The molecule has 166 valence electrons. The molecule has 0 fully saturated rings. The molecule has 0 spiro atoms. The van der Waals surface area contributed by atoms with Crippen molar-refractivity contribution in [2.24, 2.45) is 0 Å². The normalized spacial score (nSPS) is 11.6. The lowest BCUT2D eigenvalue weighted by atomic mass is 9.96. The molecule has 0 saturated heterocycles. The molecule has 33 heavy (non-hydrogen) atoms. The van der Waals surface area contributed by atoms with Crippen molar-refractivity contribution in [3.63, 3.8) is 0 Å². The van der Waals surface area contributed by atoms with E-state index in [0.717, 1.165) is 12.2 Å². The van der Waals surface area contributed by atoms with E-state index in [9.17, 15) is 10.1 Å². The van der Waals surface area contributed by atoms with E-state index in [-0.39, 0.29) is 11.2 Å². The fourth-order valence-corrected chi connectivity index (χ4v) is 4.32. The largest absolute Gasteiger partial charge is 0.364 e. The average molecular weight is 441 g/mol. The van der Waals surface area contributed by atoms with Crippen LogP contribution in [-0.2, 0) is 6.54 Å². The summed E-state index contributed by atoms with van der Waals surface area (Å²) < 4.78 is 4.92. The van der Waals surface area contributed by atoms with Crippen molar-refractivity contribution in [2.45, 2.75) is 6.54 Å². The van der Waals surface area contributed by atoms with E-state index in [2.05, 4.69) is 62.6 Å². The predicted molar refractivity (Wildman–Crippen MR) is 130 cm³/mol. The summed E-state index contributed by atoms with van der Waals surface area (Å²) in [6, 6.07) is 22.2. The Labute approximate surface area is 190 Å². The minimum absolute atomic E-state index is 0.113. The first-order chi connectivity index (χ1) is 16.0. The van der Waals surface area contributed by atoms with Crippen LogP contribution in [0.2, 0.25) is 0 Å². The second kappa shape index (κ2) is 8.48. The number of nitro benzene ring substituents is 1. The van der Waals surface area contributed by atoms with Gasteiger partial charge in [-0.1, -0.05) is 48.5 Å². The van der Waals surface area contributed by atoms with Crippen LogP contribution in [0.25, 0.3) is 32.6 Å². The van der Waals surface area contributed by atoms with Crippen LogP contribution in [0.3, 0.4) is 0 Å². The summed E-state index contributed by atoms with van der Waals surface area (Å²) in [7, 11) is 4.04. The Balaban J connectivity index is 1.69. The molecule has 0 radical (unpaired) electrons. The van der Waals surface area contributed by atoms with Gasteiger partial charge in [0.25, 0.3) is 0 Å². The number of aromatic nitrogens is 2. The van der Waals surface area contributed by atoms with Crippen LogP contribution in [0.15, 0.2) is 71.4 Å². The van der Waals surface area contributed by atoms with Crippen LogP contribution in [0, 0.1) is 10.1 Å². The third-order valence-corrected chi connectivity index (χ3v) is 5.96. The maximum absolute atomic E-state index is 11.5. The lowest BCUT2D eigenvalue weighted by Gasteiger charge is -2.28. The number of nitrogens with zero attached hydrogens (tertiary/aromatic N) is 5. The minimum Gasteiger partial charge on any atom is -0.364 e. The molecule has 0 aliphatic carbocycles. The van der Waals surface area contributed by atoms with Crippen LogP contribution in [-0.4, -0.2) is 47.3 Å². The highest BCUT2D eigenvalue weighted by Crippen LogP contribution is 2.35. The first-order valence-electron chi connectivity index (χ1n) is 10.7. The maximum Gasteiger partial charge on any atom is 0.300 e. The van der Waals surface area contributed by atoms with E-state index in [4.69, 9.17) is 4.63 Å². The highest BCUT2D eigenvalue weighted by molar-refractivity contribution is 6.02. The summed E-state index contributed by atoms with van der Waals surface area (Å²) in [5.74, 6) is 0. The summed E-state index contributed by atoms with van der Waals surface area (Å²) in [5, 5.41) is 24.0. The highest BCUT2D eigenvalue weighted by atomic mass is 16.6. The number of nitro groups is 1. The maximum atomic E-state index is 11.5. The fourth-order valence-electron chi connectivity index (χ4n) is 4.32. The van der Waals surface area contributed by atoms with Crippen LogP contribution < -0.4 is 4.90 Å². The minimum atomic E-state index is -0.460. The van der Waals surface area contributed by atoms with E-state index >= 15 is 0 Å². The number of hydrogen-bond acceptors (Lipinski definition) is 7. The smallest absolute Gasteiger partial charge is 0.300 e. The fraction of sp³-hybridized carbons (Fsp3) is 0.200. The molecular formula is C25H23N5O3. The van der Waals surface area contributed by atoms with Gasteiger partial charge in [-0.3, -0.25) is 10.1 Å². The zero-order valence-corrected chi connectivity index (χ0v) is 18.4. The SMILES string of the molecule is CN(C)CCN(Cc1c2ccccc2cc2ccccc12)c1ccc([N+](=O)[O-])c2nonc12. The van der Waals surface area contributed by atoms with Crippen LogP contribution in [0.4, 0.5) is 11.4 Å². The van der Waals surface area contributed by atoms with Crippen molar-refractivity contribution in [1.82, 2.24) is 15.2 Å². The molecular weight excluding hydrogens is 418 g/mol. The van der Waals surface area contributed by atoms with E-state index < -0.39 is 4.92 Å². The Hall–Kier alpha value is -4.04. The average Bonchev–Trinajstić information content (AvgIpc) is 3.30. The molecule has 0 amide bonds. The predicted octanol–water partition coefficient (Wildman–Crippen LogP) is 5.01. The van der Waals surface area contributed by atoms with Gasteiger partial charge in [-0.05, 0) is 63.6 Å². The number of benzene rings is 4. The standard InChI is InChI=1S/C25H23N5O3/c1-28(2)13-14-29(22-11-12-23(30(31)32)25-24(22)26-33-27-25)16-21-19-9-5-3-7-17(19)15-18-8-4-6-10-20(18)21/h3-12,15H,13-14,16H2,1-2H3. The van der Waals surface area contributed by atoms with Gasteiger partial charge in [-0.2, -0.15) is 0 Å². The van der Waals surface area contributed by atoms with Gasteiger partial charge in [0.15, 0.2) is 5.52 Å². The molecule has 5 rings (SSSR count). The quantitative estimate of drug-likeness (QED) is 0.199. The number of likely N-dealkylation sites (N-methyl/N-ethyl adjacent to an activating group) is 1. The number of rotatable bonds is 7. The van der Waals surface area contributed by atoms with Crippen molar-refractivity contribution in [3.8, 4) is 0 Å². The molecule has 0 N–H and O–H groups in total. The number of anilines is 1. The molecule has 5 aromatic rings. The molecule has 0 aliphatic heterocycles. The van der Waals surface area contributed by atoms with Crippen molar-refractivity contribution < 1.29 is 9.55 Å². The second-order valence-corrected chi connectivity index (χ2v) is 8.34. The van der Waals surface area contributed by atoms with Crippen molar-refractivity contribution in [1.29, 1.82) is 0 Å². The summed E-state index contributed by atoms with van der Waals surface area (Å²) in [5.41, 5.74) is 2.40. The molecule has 4 aromatic carbocycles. The van der Waals surface area contributed by atoms with Gasteiger partial charge in [0, 0.05) is 25.7 Å². The molecule has 8 nitrogen and oxygen atoms in total. The van der Waals surface area contributed by atoms with Gasteiger partial charge in [-0.15, -0.1) is 0 Å². The number of fused-ring (bicyclic) bond motifs is 3. The van der Waals surface area contributed by atoms with Crippen LogP contribution >= 0.6 is 0 Å². The third kappa shape index (κ3) is 3.85. The Morgan fingerprint density at radius 1 is 0.879 bits per heavy atom. The first kappa shape index (κ1) is 20.8. The van der Waals surface area contributed by atoms with Crippen molar-refractivity contribution in [3.05, 3.63) is 82.4 Å². The Morgan fingerprint density at radius 3 is 2.15 bits per heavy atom. The summed E-state index contributed by atoms with van der Waals surface area (Å²) in [4.78, 5) is 15.3. The molecule has 1 aromatic heterocycles. The first-order valence-corrected chi connectivity index (χ1v) is 10.7. The van der Waals surface area contributed by atoms with Gasteiger partial charge in [0.05, 0.1) is 10.6 Å². The summed E-state index contributed by atoms with van der Waals surface area (Å²) >= 11 is 0. The molecule has 8 heteroatoms. The van der Waals surface area contributed by atoms with Crippen molar-refractivity contribution >= 4 is 44.0 Å². The highest BCUT2D eigenvalue weighted by Gasteiger charge is 2.23. The van der Waals surface area contributed by atoms with Crippen molar-refractivity contribution in [2.75, 3.05) is 32.1 Å². The molecule has 0 atom stereocenters. The van der Waals surface area contributed by atoms with Gasteiger partial charge in [-0.25, -0.2) is 4.63 Å². The van der Waals surface area contributed by atoms with E-state index in [1.54, 1.807) is 6.07 Å². The molecule has 0 aliphatic rings. The second-order valence-electron chi connectivity index (χ2n) is 8.34. The Morgan fingerprint density at radius 2 is 1.52 bits per heavy atom. The summed E-state index contributed by atoms with van der Waals surface area (Å²) in [6.45, 7) is 2.10. The van der Waals surface area contributed by atoms with Gasteiger partial charge in [0.2, 0.25) is 5.52 Å². The van der Waals surface area contributed by atoms with Crippen LogP contribution in [0.1, 0.15) is 5.56 Å². The zero-order valence-electron chi connectivity index (χ0n) is 18.4. The third-order valence-electron chi connectivity index (χ3n) is 5.96. The molecule has 0 unspecified atom stereocenters. The van der Waals surface area contributed by atoms with E-state index in [1.807, 2.05) is 26.2 Å². The summed E-state index contributed by atoms with van der Waals surface area (Å²) in [6.07, 6.45) is 0. The molecule has 0 bridgehead atoms. The van der Waals surface area contributed by atoms with Gasteiger partial charge in [0.1, 0.15) is 0 Å². The monoisotopic (exact) mass is 441 g/mol. The lowest BCUT2D eigenvalue weighted by Crippen LogP contribution is -2.31. The number of non-ortho nitro benzene ring substituents is 1. The topological polar surface area (TPSA) is 88.5 Å². The molecule has 1 heterocycles. The Bertz CT molecular complexity index is 1420. The Kier molecular flexibility index (Phi) is 5.35. The van der Waals surface area contributed by atoms with E-state index in [0.29, 0.717) is 18.6 Å². The zero-order chi connectivity index (χ0) is 22.9. The van der Waals surface area contributed by atoms with E-state index in [1.165, 1.54) is 33.2 Å². The lowest BCUT2D eigenvalue weighted by molar-refractivity contribution is -0.383. The van der Waals surface area contributed by atoms with Gasteiger partial charge < -0.3 is 9.80 Å². The van der Waals surface area contributed by atoms with Crippen LogP contribution in [0.5, 0.6) is 0 Å². The molecule has 0 saturated carbocycles. The number of hydrogen-bond donors (Lipinski definition) is 0. The van der Waals surface area contributed by atoms with Gasteiger partial charge >= 0.3 is 5.69 Å².